The summed E-state index contributed by atoms with van der Waals surface area (Å²) in [4.78, 5) is 24.7. The standard InChI is InChI=1S/C17H13N3O3/c1-18-7-6-11-8-13(3-5-16(11)18)19-10-12-9-14(20(22)23)2-4-15(12)17(19)21/h2-9H,10H2,1H3. The summed E-state index contributed by atoms with van der Waals surface area (Å²) in [6, 6.07) is 12.2. The molecule has 0 radical (unpaired) electrons. The Kier molecular flexibility index (Phi) is 2.74. The Hall–Kier alpha value is -3.15. The average Bonchev–Trinajstić information content (AvgIpc) is 3.08. The van der Waals surface area contributed by atoms with Crippen LogP contribution in [-0.2, 0) is 13.6 Å². The molecule has 0 N–H and O–H groups in total. The number of rotatable bonds is 2. The summed E-state index contributed by atoms with van der Waals surface area (Å²) < 4.78 is 2.02. The number of fused-ring (bicyclic) bond motifs is 2. The van der Waals surface area contributed by atoms with Gasteiger partial charge >= 0.3 is 0 Å². The smallest absolute Gasteiger partial charge is 0.269 e. The molecule has 1 aliphatic heterocycles. The van der Waals surface area contributed by atoms with Crippen molar-refractivity contribution >= 4 is 28.2 Å². The number of benzene rings is 2. The van der Waals surface area contributed by atoms with E-state index in [1.54, 1.807) is 4.90 Å². The van der Waals surface area contributed by atoms with Crippen molar-refractivity contribution in [2.45, 2.75) is 6.54 Å². The number of nitro benzene ring substituents is 1. The molecule has 4 rings (SSSR count). The molecule has 0 atom stereocenters. The number of nitrogens with zero attached hydrogens (tertiary/aromatic N) is 3. The van der Waals surface area contributed by atoms with E-state index in [4.69, 9.17) is 0 Å². The molecular weight excluding hydrogens is 294 g/mol. The normalized spacial score (nSPS) is 13.6. The average molecular weight is 307 g/mol. The molecular formula is C17H13N3O3. The maximum atomic E-state index is 12.6. The second-order valence-electron chi connectivity index (χ2n) is 5.66. The lowest BCUT2D eigenvalue weighted by Crippen LogP contribution is -2.22. The highest BCUT2D eigenvalue weighted by molar-refractivity contribution is 6.10. The zero-order chi connectivity index (χ0) is 16.1. The molecule has 1 aromatic heterocycles. The summed E-state index contributed by atoms with van der Waals surface area (Å²) in [5.74, 6) is -0.120. The Bertz CT molecular complexity index is 974. The molecule has 2 aromatic carbocycles. The van der Waals surface area contributed by atoms with E-state index in [0.717, 1.165) is 16.6 Å². The Morgan fingerprint density at radius 3 is 2.74 bits per heavy atom. The number of carbonyl (C=O) groups is 1. The number of hydrogen-bond donors (Lipinski definition) is 0. The van der Waals surface area contributed by atoms with Gasteiger partial charge in [0.15, 0.2) is 0 Å². The number of amides is 1. The predicted octanol–water partition coefficient (Wildman–Crippen LogP) is 3.25. The molecule has 114 valence electrons. The molecule has 6 heteroatoms. The summed E-state index contributed by atoms with van der Waals surface area (Å²) >= 11 is 0. The number of nitro groups is 1. The Morgan fingerprint density at radius 1 is 1.13 bits per heavy atom. The molecule has 3 aromatic rings. The Labute approximate surface area is 131 Å². The molecule has 6 nitrogen and oxygen atoms in total. The Balaban J connectivity index is 1.75. The number of aromatic nitrogens is 1. The van der Waals surface area contributed by atoms with Crippen LogP contribution in [0.4, 0.5) is 11.4 Å². The van der Waals surface area contributed by atoms with Crippen molar-refractivity contribution in [1.29, 1.82) is 0 Å². The van der Waals surface area contributed by atoms with Crippen molar-refractivity contribution < 1.29 is 9.72 Å². The first kappa shape index (κ1) is 13.5. The highest BCUT2D eigenvalue weighted by atomic mass is 16.6. The van der Waals surface area contributed by atoms with E-state index in [1.807, 2.05) is 42.1 Å². The van der Waals surface area contributed by atoms with Crippen LogP contribution in [0.5, 0.6) is 0 Å². The first-order valence-electron chi connectivity index (χ1n) is 7.19. The fourth-order valence-electron chi connectivity index (χ4n) is 3.07. The van der Waals surface area contributed by atoms with Crippen molar-refractivity contribution in [2.75, 3.05) is 4.90 Å². The second-order valence-corrected chi connectivity index (χ2v) is 5.66. The third-order valence-corrected chi connectivity index (χ3v) is 4.28. The molecule has 1 aliphatic rings. The van der Waals surface area contributed by atoms with Crippen LogP contribution >= 0.6 is 0 Å². The van der Waals surface area contributed by atoms with E-state index in [9.17, 15) is 14.9 Å². The zero-order valence-electron chi connectivity index (χ0n) is 12.4. The largest absolute Gasteiger partial charge is 0.351 e. The van der Waals surface area contributed by atoms with Gasteiger partial charge < -0.3 is 9.47 Å². The van der Waals surface area contributed by atoms with Crippen LogP contribution in [0.25, 0.3) is 10.9 Å². The summed E-state index contributed by atoms with van der Waals surface area (Å²) in [6.07, 6.45) is 1.97. The van der Waals surface area contributed by atoms with Crippen LogP contribution in [0.15, 0.2) is 48.7 Å². The molecule has 0 saturated heterocycles. The number of hydrogen-bond acceptors (Lipinski definition) is 3. The molecule has 0 spiro atoms. The lowest BCUT2D eigenvalue weighted by molar-refractivity contribution is -0.384. The van der Waals surface area contributed by atoms with Gasteiger partial charge in [0.25, 0.3) is 11.6 Å². The highest BCUT2D eigenvalue weighted by Crippen LogP contribution is 2.32. The highest BCUT2D eigenvalue weighted by Gasteiger charge is 2.30. The van der Waals surface area contributed by atoms with Gasteiger partial charge in [0.2, 0.25) is 0 Å². The van der Waals surface area contributed by atoms with Gasteiger partial charge in [-0.1, -0.05) is 0 Å². The van der Waals surface area contributed by atoms with E-state index in [-0.39, 0.29) is 11.6 Å². The molecule has 0 bridgehead atoms. The van der Waals surface area contributed by atoms with Gasteiger partial charge in [-0.3, -0.25) is 14.9 Å². The van der Waals surface area contributed by atoms with Gasteiger partial charge in [0.05, 0.1) is 11.5 Å². The summed E-state index contributed by atoms with van der Waals surface area (Å²) in [5.41, 5.74) is 3.12. The lowest BCUT2D eigenvalue weighted by atomic mass is 10.1. The molecule has 0 saturated carbocycles. The molecule has 0 unspecified atom stereocenters. The number of aryl methyl sites for hydroxylation is 1. The topological polar surface area (TPSA) is 68.4 Å². The third kappa shape index (κ3) is 1.99. The van der Waals surface area contributed by atoms with Gasteiger partial charge in [0.1, 0.15) is 0 Å². The summed E-state index contributed by atoms with van der Waals surface area (Å²) in [5, 5.41) is 11.9. The van der Waals surface area contributed by atoms with Crippen molar-refractivity contribution in [3.63, 3.8) is 0 Å². The van der Waals surface area contributed by atoms with E-state index in [1.165, 1.54) is 18.2 Å². The van der Waals surface area contributed by atoms with Crippen LogP contribution < -0.4 is 4.90 Å². The Morgan fingerprint density at radius 2 is 1.96 bits per heavy atom. The van der Waals surface area contributed by atoms with Crippen LogP contribution in [0, 0.1) is 10.1 Å². The van der Waals surface area contributed by atoms with Gasteiger partial charge in [-0.25, -0.2) is 0 Å². The molecule has 23 heavy (non-hydrogen) atoms. The van der Waals surface area contributed by atoms with Crippen LogP contribution in [0.1, 0.15) is 15.9 Å². The summed E-state index contributed by atoms with van der Waals surface area (Å²) in [6.45, 7) is 0.355. The molecule has 0 aliphatic carbocycles. The second kappa shape index (κ2) is 4.67. The molecule has 2 heterocycles. The fourth-order valence-corrected chi connectivity index (χ4v) is 3.07. The first-order chi connectivity index (χ1) is 11.0. The summed E-state index contributed by atoms with van der Waals surface area (Å²) in [7, 11) is 1.97. The number of non-ortho nitro benzene ring substituents is 1. The van der Waals surface area contributed by atoms with E-state index < -0.39 is 4.92 Å². The van der Waals surface area contributed by atoms with Crippen LogP contribution in [-0.4, -0.2) is 15.4 Å². The maximum Gasteiger partial charge on any atom is 0.269 e. The lowest BCUT2D eigenvalue weighted by Gasteiger charge is -2.16. The van der Waals surface area contributed by atoms with Crippen LogP contribution in [0.2, 0.25) is 0 Å². The van der Waals surface area contributed by atoms with Gasteiger partial charge in [-0.05, 0) is 35.9 Å². The monoisotopic (exact) mass is 307 g/mol. The van der Waals surface area contributed by atoms with Crippen molar-refractivity contribution in [3.05, 3.63) is 69.9 Å². The predicted molar refractivity (Wildman–Crippen MR) is 86.5 cm³/mol. The SMILES string of the molecule is Cn1ccc2cc(N3Cc4cc([N+](=O)[O-])ccc4C3=O)ccc21. The quantitative estimate of drug-likeness (QED) is 0.539. The maximum absolute atomic E-state index is 12.6. The fraction of sp³-hybridized carbons (Fsp3) is 0.118. The minimum atomic E-state index is -0.441. The number of anilines is 1. The molecule has 0 fully saturated rings. The van der Waals surface area contributed by atoms with Gasteiger partial charge in [-0.2, -0.15) is 0 Å². The first-order valence-corrected chi connectivity index (χ1v) is 7.19. The third-order valence-electron chi connectivity index (χ3n) is 4.28. The van der Waals surface area contributed by atoms with Gasteiger partial charge in [-0.15, -0.1) is 0 Å². The van der Waals surface area contributed by atoms with Crippen LogP contribution in [0.3, 0.4) is 0 Å². The van der Waals surface area contributed by atoms with Crippen molar-refractivity contribution in [1.82, 2.24) is 4.57 Å². The minimum absolute atomic E-state index is 0.0110. The zero-order valence-corrected chi connectivity index (χ0v) is 12.4. The number of carbonyl (C=O) groups excluding carboxylic acids is 1. The van der Waals surface area contributed by atoms with E-state index in [0.29, 0.717) is 17.7 Å². The van der Waals surface area contributed by atoms with Crippen molar-refractivity contribution in [2.24, 2.45) is 7.05 Å². The van der Waals surface area contributed by atoms with Gasteiger partial charge in [0, 0.05) is 47.5 Å². The molecule has 1 amide bonds. The van der Waals surface area contributed by atoms with E-state index >= 15 is 0 Å². The van der Waals surface area contributed by atoms with E-state index in [2.05, 4.69) is 0 Å². The van der Waals surface area contributed by atoms with Crippen molar-refractivity contribution in [3.8, 4) is 0 Å². The minimum Gasteiger partial charge on any atom is -0.351 e.